The standard InChI is InChI=1S/C14H27N/c1-5-13(6-2)11-9-10-12-14(15,7-3)8-4/h5,11H,1,6-10,12,15H2,2-4H3/b13-11-. The van der Waals surface area contributed by atoms with E-state index < -0.39 is 0 Å². The molecule has 88 valence electrons. The van der Waals surface area contributed by atoms with Gasteiger partial charge in [0.05, 0.1) is 0 Å². The lowest BCUT2D eigenvalue weighted by Gasteiger charge is -2.26. The van der Waals surface area contributed by atoms with Crippen LogP contribution in [0.25, 0.3) is 0 Å². The van der Waals surface area contributed by atoms with E-state index in [1.807, 2.05) is 6.08 Å². The molecule has 0 unspecified atom stereocenters. The van der Waals surface area contributed by atoms with Gasteiger partial charge in [-0.1, -0.05) is 45.1 Å². The molecule has 1 heteroatoms. The second kappa shape index (κ2) is 7.70. The molecule has 0 aliphatic heterocycles. The van der Waals surface area contributed by atoms with E-state index in [1.165, 1.54) is 12.0 Å². The maximum Gasteiger partial charge on any atom is 0.0149 e. The molecule has 0 spiro atoms. The predicted molar refractivity (Wildman–Crippen MR) is 69.9 cm³/mol. The summed E-state index contributed by atoms with van der Waals surface area (Å²) in [5, 5.41) is 0. The van der Waals surface area contributed by atoms with Crippen LogP contribution in [0.15, 0.2) is 24.3 Å². The molecule has 0 aromatic heterocycles. The van der Waals surface area contributed by atoms with Crippen LogP contribution in [0.4, 0.5) is 0 Å². The zero-order chi connectivity index (χ0) is 11.7. The summed E-state index contributed by atoms with van der Waals surface area (Å²) in [6.45, 7) is 10.3. The van der Waals surface area contributed by atoms with E-state index in [-0.39, 0.29) is 5.54 Å². The highest BCUT2D eigenvalue weighted by Gasteiger charge is 2.18. The third-order valence-corrected chi connectivity index (χ3v) is 3.36. The predicted octanol–water partition coefficient (Wildman–Crippen LogP) is 4.20. The second-order valence-electron chi connectivity index (χ2n) is 4.30. The Morgan fingerprint density at radius 2 is 1.87 bits per heavy atom. The molecule has 0 aliphatic carbocycles. The highest BCUT2D eigenvalue weighted by Crippen LogP contribution is 2.19. The van der Waals surface area contributed by atoms with E-state index >= 15 is 0 Å². The van der Waals surface area contributed by atoms with E-state index in [1.54, 1.807) is 0 Å². The van der Waals surface area contributed by atoms with Gasteiger partial charge in [-0.05, 0) is 38.5 Å². The molecule has 0 amide bonds. The first-order valence-electron chi connectivity index (χ1n) is 6.22. The van der Waals surface area contributed by atoms with Crippen molar-refractivity contribution in [2.24, 2.45) is 5.73 Å². The number of allylic oxidation sites excluding steroid dienone is 3. The fraction of sp³-hybridized carbons (Fsp3) is 0.714. The van der Waals surface area contributed by atoms with Crippen LogP contribution in [0.2, 0.25) is 0 Å². The molecule has 0 rings (SSSR count). The van der Waals surface area contributed by atoms with Gasteiger partial charge in [0.15, 0.2) is 0 Å². The van der Waals surface area contributed by atoms with Crippen molar-refractivity contribution in [2.75, 3.05) is 0 Å². The Morgan fingerprint density at radius 3 is 2.27 bits per heavy atom. The number of hydrogen-bond donors (Lipinski definition) is 1. The molecule has 0 atom stereocenters. The fourth-order valence-corrected chi connectivity index (χ4v) is 1.72. The number of hydrogen-bond acceptors (Lipinski definition) is 1. The second-order valence-corrected chi connectivity index (χ2v) is 4.30. The Bertz CT molecular complexity index is 199. The first-order valence-corrected chi connectivity index (χ1v) is 6.22. The molecule has 0 bridgehead atoms. The Hall–Kier alpha value is -0.560. The third-order valence-electron chi connectivity index (χ3n) is 3.36. The summed E-state index contributed by atoms with van der Waals surface area (Å²) in [4.78, 5) is 0. The van der Waals surface area contributed by atoms with Crippen LogP contribution in [0.5, 0.6) is 0 Å². The summed E-state index contributed by atoms with van der Waals surface area (Å²) in [5.74, 6) is 0. The van der Waals surface area contributed by atoms with Gasteiger partial charge in [-0.15, -0.1) is 0 Å². The van der Waals surface area contributed by atoms with Crippen molar-refractivity contribution in [2.45, 2.75) is 64.8 Å². The van der Waals surface area contributed by atoms with Gasteiger partial charge in [0.2, 0.25) is 0 Å². The molecule has 0 radical (unpaired) electrons. The smallest absolute Gasteiger partial charge is 0.0149 e. The maximum atomic E-state index is 6.24. The lowest BCUT2D eigenvalue weighted by molar-refractivity contribution is 0.358. The topological polar surface area (TPSA) is 26.0 Å². The lowest BCUT2D eigenvalue weighted by atomic mass is 9.88. The van der Waals surface area contributed by atoms with Crippen LogP contribution in [-0.2, 0) is 0 Å². The minimum Gasteiger partial charge on any atom is -0.325 e. The summed E-state index contributed by atoms with van der Waals surface area (Å²) in [6, 6.07) is 0. The van der Waals surface area contributed by atoms with Gasteiger partial charge in [0, 0.05) is 5.54 Å². The van der Waals surface area contributed by atoms with Gasteiger partial charge in [-0.25, -0.2) is 0 Å². The van der Waals surface area contributed by atoms with E-state index in [0.29, 0.717) is 0 Å². The molecule has 0 aliphatic rings. The largest absolute Gasteiger partial charge is 0.325 e. The molecule has 1 nitrogen and oxygen atoms in total. The average molecular weight is 209 g/mol. The van der Waals surface area contributed by atoms with Gasteiger partial charge in [0.25, 0.3) is 0 Å². The molecule has 0 saturated heterocycles. The maximum absolute atomic E-state index is 6.24. The normalized spacial score (nSPS) is 12.9. The Balaban J connectivity index is 3.88. The zero-order valence-electron chi connectivity index (χ0n) is 10.7. The van der Waals surface area contributed by atoms with Crippen molar-refractivity contribution < 1.29 is 0 Å². The molecule has 0 aromatic rings. The van der Waals surface area contributed by atoms with Gasteiger partial charge >= 0.3 is 0 Å². The van der Waals surface area contributed by atoms with E-state index in [2.05, 4.69) is 33.4 Å². The van der Waals surface area contributed by atoms with Gasteiger partial charge in [0.1, 0.15) is 0 Å². The van der Waals surface area contributed by atoms with Gasteiger partial charge < -0.3 is 5.73 Å². The van der Waals surface area contributed by atoms with Crippen molar-refractivity contribution in [3.8, 4) is 0 Å². The highest BCUT2D eigenvalue weighted by molar-refractivity contribution is 5.15. The van der Waals surface area contributed by atoms with E-state index in [4.69, 9.17) is 5.73 Å². The quantitative estimate of drug-likeness (QED) is 0.470. The molecule has 15 heavy (non-hydrogen) atoms. The van der Waals surface area contributed by atoms with Crippen LogP contribution in [-0.4, -0.2) is 5.54 Å². The molecule has 0 heterocycles. The summed E-state index contributed by atoms with van der Waals surface area (Å²) >= 11 is 0. The minimum absolute atomic E-state index is 0.0639. The van der Waals surface area contributed by atoms with Gasteiger partial charge in [-0.3, -0.25) is 0 Å². The first kappa shape index (κ1) is 14.4. The summed E-state index contributed by atoms with van der Waals surface area (Å²) in [7, 11) is 0. The fourth-order valence-electron chi connectivity index (χ4n) is 1.72. The van der Waals surface area contributed by atoms with Crippen LogP contribution in [0, 0.1) is 0 Å². The summed E-state index contributed by atoms with van der Waals surface area (Å²) in [6.07, 6.45) is 10.9. The van der Waals surface area contributed by atoms with Crippen molar-refractivity contribution in [1.82, 2.24) is 0 Å². The summed E-state index contributed by atoms with van der Waals surface area (Å²) in [5.41, 5.74) is 7.65. The number of rotatable bonds is 8. The van der Waals surface area contributed by atoms with Crippen molar-refractivity contribution >= 4 is 0 Å². The highest BCUT2D eigenvalue weighted by atomic mass is 14.7. The number of nitrogens with two attached hydrogens (primary N) is 1. The molecule has 0 fully saturated rings. The van der Waals surface area contributed by atoms with Crippen LogP contribution in [0.3, 0.4) is 0 Å². The first-order chi connectivity index (χ1) is 7.11. The number of unbranched alkanes of at least 4 members (excludes halogenated alkanes) is 1. The molecule has 2 N–H and O–H groups in total. The van der Waals surface area contributed by atoms with Gasteiger partial charge in [-0.2, -0.15) is 0 Å². The van der Waals surface area contributed by atoms with Crippen LogP contribution >= 0.6 is 0 Å². The minimum atomic E-state index is 0.0639. The molecular formula is C14H27N. The Kier molecular flexibility index (Phi) is 7.41. The van der Waals surface area contributed by atoms with E-state index in [9.17, 15) is 0 Å². The van der Waals surface area contributed by atoms with Crippen molar-refractivity contribution in [3.63, 3.8) is 0 Å². The Labute approximate surface area is 95.4 Å². The molecule has 0 saturated carbocycles. The van der Waals surface area contributed by atoms with Crippen molar-refractivity contribution in [3.05, 3.63) is 24.3 Å². The van der Waals surface area contributed by atoms with E-state index in [0.717, 1.165) is 32.1 Å². The Morgan fingerprint density at radius 1 is 1.27 bits per heavy atom. The third kappa shape index (κ3) is 5.78. The van der Waals surface area contributed by atoms with Crippen molar-refractivity contribution in [1.29, 1.82) is 0 Å². The lowest BCUT2D eigenvalue weighted by Crippen LogP contribution is -2.38. The zero-order valence-corrected chi connectivity index (χ0v) is 10.7. The average Bonchev–Trinajstić information content (AvgIpc) is 2.29. The van der Waals surface area contributed by atoms with Crippen LogP contribution in [0.1, 0.15) is 59.3 Å². The molecular weight excluding hydrogens is 182 g/mol. The summed E-state index contributed by atoms with van der Waals surface area (Å²) < 4.78 is 0. The molecule has 0 aromatic carbocycles. The van der Waals surface area contributed by atoms with Crippen LogP contribution < -0.4 is 5.73 Å². The monoisotopic (exact) mass is 209 g/mol. The SMILES string of the molecule is C=C/C(=C/CCCC(N)(CC)CC)CC.